The number of carbonyl (C=O) groups excluding carboxylic acids is 1. The molecule has 190 valence electrons. The number of ether oxygens (including phenoxy) is 1. The van der Waals surface area contributed by atoms with Gasteiger partial charge in [0.2, 0.25) is 11.8 Å². The predicted molar refractivity (Wildman–Crippen MR) is 142 cm³/mol. The first-order valence-electron chi connectivity index (χ1n) is 12.4. The minimum Gasteiger partial charge on any atom is -0.438 e. The molecule has 0 radical (unpaired) electrons. The number of fused-ring (bicyclic) bond motifs is 1. The second-order valence-corrected chi connectivity index (χ2v) is 9.36. The number of carbonyl (C=O) groups is 1. The van der Waals surface area contributed by atoms with E-state index < -0.39 is 0 Å². The number of hydrogen-bond acceptors (Lipinski definition) is 7. The molecule has 0 bridgehead atoms. The number of nitrogens with one attached hydrogen (secondary N) is 2. The average molecular weight is 501 g/mol. The van der Waals surface area contributed by atoms with E-state index in [1.807, 2.05) is 43.3 Å². The molecule has 1 aliphatic rings. The Bertz CT molecular complexity index is 1390. The molecule has 2 aromatic carbocycles. The molecule has 1 amide bonds. The molecule has 0 saturated heterocycles. The van der Waals surface area contributed by atoms with Gasteiger partial charge in [0, 0.05) is 37.8 Å². The first-order valence-corrected chi connectivity index (χ1v) is 12.4. The number of benzene rings is 2. The summed E-state index contributed by atoms with van der Waals surface area (Å²) in [5, 5.41) is 7.63. The minimum atomic E-state index is -0.359. The summed E-state index contributed by atoms with van der Waals surface area (Å²) in [4.78, 5) is 28.7. The number of nitrogens with zero attached hydrogens (tertiary/aromatic N) is 4. The van der Waals surface area contributed by atoms with Crippen molar-refractivity contribution >= 4 is 28.6 Å². The third-order valence-corrected chi connectivity index (χ3v) is 6.45. The van der Waals surface area contributed by atoms with Crippen LogP contribution in [-0.4, -0.2) is 47.0 Å². The number of rotatable bonds is 7. The fourth-order valence-electron chi connectivity index (χ4n) is 4.55. The van der Waals surface area contributed by atoms with Crippen LogP contribution in [0.15, 0.2) is 66.9 Å². The zero-order chi connectivity index (χ0) is 25.8. The van der Waals surface area contributed by atoms with Crippen molar-refractivity contribution in [1.29, 1.82) is 0 Å². The largest absolute Gasteiger partial charge is 0.438 e. The van der Waals surface area contributed by atoms with Gasteiger partial charge in [-0.1, -0.05) is 12.1 Å². The van der Waals surface area contributed by atoms with Crippen molar-refractivity contribution in [2.45, 2.75) is 37.8 Å². The molecule has 1 saturated carbocycles. The Morgan fingerprint density at radius 1 is 0.946 bits per heavy atom. The monoisotopic (exact) mass is 500 g/mol. The van der Waals surface area contributed by atoms with Crippen molar-refractivity contribution in [2.75, 3.05) is 24.3 Å². The Labute approximate surface area is 214 Å². The van der Waals surface area contributed by atoms with Crippen LogP contribution in [0.25, 0.3) is 10.9 Å². The quantitative estimate of drug-likeness (QED) is 0.361. The number of hydrogen-bond donors (Lipinski definition) is 2. The summed E-state index contributed by atoms with van der Waals surface area (Å²) in [7, 11) is 3.95. The van der Waals surface area contributed by atoms with Crippen LogP contribution in [0.5, 0.6) is 11.6 Å². The SMILES string of the molecule is CN(C)c1nc(NC2CCC(NC(=O)c3cccnc3Oc3ccc(F)cc3)CC2)nc2ccccc12. The van der Waals surface area contributed by atoms with Crippen LogP contribution >= 0.6 is 0 Å². The molecule has 0 atom stereocenters. The Balaban J connectivity index is 1.20. The Kier molecular flexibility index (Phi) is 7.11. The third kappa shape index (κ3) is 5.77. The maximum absolute atomic E-state index is 13.2. The van der Waals surface area contributed by atoms with Gasteiger partial charge in [0.05, 0.1) is 5.52 Å². The smallest absolute Gasteiger partial charge is 0.257 e. The molecule has 1 fully saturated rings. The molecule has 0 aliphatic heterocycles. The van der Waals surface area contributed by atoms with Gasteiger partial charge in [-0.25, -0.2) is 14.4 Å². The molecule has 5 rings (SSSR count). The Morgan fingerprint density at radius 3 is 2.43 bits per heavy atom. The van der Waals surface area contributed by atoms with E-state index >= 15 is 0 Å². The maximum Gasteiger partial charge on any atom is 0.257 e. The molecular formula is C28H29FN6O2. The van der Waals surface area contributed by atoms with Crippen LogP contribution in [0, 0.1) is 5.82 Å². The van der Waals surface area contributed by atoms with E-state index in [-0.39, 0.29) is 29.7 Å². The number of pyridine rings is 1. The van der Waals surface area contributed by atoms with E-state index in [0.717, 1.165) is 42.4 Å². The van der Waals surface area contributed by atoms with Crippen molar-refractivity contribution in [3.05, 3.63) is 78.2 Å². The molecule has 1 aliphatic carbocycles. The first-order chi connectivity index (χ1) is 18.0. The van der Waals surface area contributed by atoms with E-state index in [2.05, 4.69) is 15.6 Å². The zero-order valence-electron chi connectivity index (χ0n) is 20.8. The topological polar surface area (TPSA) is 92.3 Å². The van der Waals surface area contributed by atoms with Gasteiger partial charge >= 0.3 is 0 Å². The van der Waals surface area contributed by atoms with Crippen LogP contribution in [-0.2, 0) is 0 Å². The zero-order valence-corrected chi connectivity index (χ0v) is 20.8. The van der Waals surface area contributed by atoms with Crippen molar-refractivity contribution in [3.63, 3.8) is 0 Å². The first kappa shape index (κ1) is 24.4. The highest BCUT2D eigenvalue weighted by Crippen LogP contribution is 2.27. The van der Waals surface area contributed by atoms with Crippen LogP contribution < -0.4 is 20.3 Å². The number of anilines is 2. The summed E-state index contributed by atoms with van der Waals surface area (Å²) in [6, 6.07) is 17.2. The lowest BCUT2D eigenvalue weighted by atomic mass is 9.91. The Morgan fingerprint density at radius 2 is 1.68 bits per heavy atom. The summed E-state index contributed by atoms with van der Waals surface area (Å²) in [5.74, 6) is 1.50. The lowest BCUT2D eigenvalue weighted by Gasteiger charge is -2.30. The molecule has 8 nitrogen and oxygen atoms in total. The molecule has 9 heteroatoms. The molecule has 37 heavy (non-hydrogen) atoms. The fraction of sp³-hybridized carbons (Fsp3) is 0.286. The number of aromatic nitrogens is 3. The summed E-state index contributed by atoms with van der Waals surface area (Å²) in [6.07, 6.45) is 4.97. The molecule has 0 spiro atoms. The van der Waals surface area contributed by atoms with Crippen LogP contribution in [0.3, 0.4) is 0 Å². The van der Waals surface area contributed by atoms with Crippen molar-refractivity contribution in [2.24, 2.45) is 0 Å². The highest BCUT2D eigenvalue weighted by Gasteiger charge is 2.25. The molecule has 2 aromatic heterocycles. The summed E-state index contributed by atoms with van der Waals surface area (Å²) in [5.41, 5.74) is 1.24. The normalized spacial score (nSPS) is 17.3. The highest BCUT2D eigenvalue weighted by atomic mass is 19.1. The number of para-hydroxylation sites is 1. The Hall–Kier alpha value is -4.27. The van der Waals surface area contributed by atoms with Crippen molar-refractivity contribution in [3.8, 4) is 11.6 Å². The molecule has 0 unspecified atom stereocenters. The lowest BCUT2D eigenvalue weighted by Crippen LogP contribution is -2.40. The van der Waals surface area contributed by atoms with Gasteiger partial charge < -0.3 is 20.3 Å². The van der Waals surface area contributed by atoms with Crippen LogP contribution in [0.4, 0.5) is 16.2 Å². The van der Waals surface area contributed by atoms with E-state index in [9.17, 15) is 9.18 Å². The molecule has 2 heterocycles. The van der Waals surface area contributed by atoms with Gasteiger partial charge in [0.15, 0.2) is 0 Å². The van der Waals surface area contributed by atoms with Crippen molar-refractivity contribution < 1.29 is 13.9 Å². The van der Waals surface area contributed by atoms with E-state index in [0.29, 0.717) is 17.3 Å². The third-order valence-electron chi connectivity index (χ3n) is 6.45. The standard InChI is InChI=1S/C28H29FN6O2/c1-35(2)25-22-6-3-4-8-24(22)33-28(34-25)32-20-13-11-19(12-14-20)31-26(36)23-7-5-17-30-27(23)37-21-15-9-18(29)10-16-21/h3-10,15-17,19-20H,11-14H2,1-2H3,(H,31,36)(H,32,33,34). The molecule has 2 N–H and O–H groups in total. The number of amides is 1. The predicted octanol–water partition coefficient (Wildman–Crippen LogP) is 5.18. The highest BCUT2D eigenvalue weighted by molar-refractivity contribution is 5.96. The lowest BCUT2D eigenvalue weighted by molar-refractivity contribution is 0.0923. The summed E-state index contributed by atoms with van der Waals surface area (Å²) in [6.45, 7) is 0. The summed E-state index contributed by atoms with van der Waals surface area (Å²) >= 11 is 0. The van der Waals surface area contributed by atoms with E-state index in [4.69, 9.17) is 14.7 Å². The van der Waals surface area contributed by atoms with Crippen LogP contribution in [0.2, 0.25) is 0 Å². The van der Waals surface area contributed by atoms with Gasteiger partial charge in [-0.15, -0.1) is 0 Å². The molecule has 4 aromatic rings. The summed E-state index contributed by atoms with van der Waals surface area (Å²) < 4.78 is 19.0. The second kappa shape index (κ2) is 10.8. The van der Waals surface area contributed by atoms with Gasteiger partial charge in [0.25, 0.3) is 5.91 Å². The van der Waals surface area contributed by atoms with E-state index in [1.54, 1.807) is 18.3 Å². The van der Waals surface area contributed by atoms with Gasteiger partial charge in [-0.05, 0) is 74.2 Å². The average Bonchev–Trinajstić information content (AvgIpc) is 2.91. The number of halogens is 1. The maximum atomic E-state index is 13.2. The van der Waals surface area contributed by atoms with Gasteiger partial charge in [-0.2, -0.15) is 4.98 Å². The van der Waals surface area contributed by atoms with Gasteiger partial charge in [-0.3, -0.25) is 4.79 Å². The second-order valence-electron chi connectivity index (χ2n) is 9.36. The molecular weight excluding hydrogens is 471 g/mol. The van der Waals surface area contributed by atoms with Gasteiger partial charge in [0.1, 0.15) is 22.9 Å². The van der Waals surface area contributed by atoms with Crippen LogP contribution in [0.1, 0.15) is 36.0 Å². The fourth-order valence-corrected chi connectivity index (χ4v) is 4.55. The van der Waals surface area contributed by atoms with Crippen molar-refractivity contribution in [1.82, 2.24) is 20.3 Å². The van der Waals surface area contributed by atoms with E-state index in [1.165, 1.54) is 24.3 Å². The minimum absolute atomic E-state index is 0.0410.